The molecule has 2 aromatic rings. The second-order valence-electron chi connectivity index (χ2n) is 7.24. The van der Waals surface area contributed by atoms with E-state index in [9.17, 15) is 13.2 Å². The Morgan fingerprint density at radius 3 is 2.46 bits per heavy atom. The van der Waals surface area contributed by atoms with Crippen LogP contribution in [0.1, 0.15) is 30.9 Å². The number of benzene rings is 2. The predicted molar refractivity (Wildman–Crippen MR) is 109 cm³/mol. The van der Waals surface area contributed by atoms with Gasteiger partial charge >= 0.3 is 0 Å². The van der Waals surface area contributed by atoms with Crippen molar-refractivity contribution in [3.8, 4) is 5.75 Å². The molecule has 1 N–H and O–H groups in total. The molecule has 0 bridgehead atoms. The lowest BCUT2D eigenvalue weighted by atomic mass is 10.2. The van der Waals surface area contributed by atoms with E-state index in [0.29, 0.717) is 18.7 Å². The Hall–Kier alpha value is -2.38. The quantitative estimate of drug-likeness (QED) is 0.772. The van der Waals surface area contributed by atoms with E-state index >= 15 is 0 Å². The van der Waals surface area contributed by atoms with Crippen molar-refractivity contribution in [1.29, 1.82) is 0 Å². The van der Waals surface area contributed by atoms with Crippen molar-refractivity contribution in [2.24, 2.45) is 0 Å². The number of ether oxygens (including phenoxy) is 1. The van der Waals surface area contributed by atoms with Gasteiger partial charge in [0.1, 0.15) is 12.4 Å². The molecule has 0 aromatic heterocycles. The Morgan fingerprint density at radius 1 is 1.14 bits per heavy atom. The molecular formula is C21H26N2O4S. The summed E-state index contributed by atoms with van der Waals surface area (Å²) in [6, 6.07) is 12.1. The maximum Gasteiger partial charge on any atom is 0.240 e. The van der Waals surface area contributed by atoms with Gasteiger partial charge in [-0.3, -0.25) is 4.79 Å². The van der Waals surface area contributed by atoms with Gasteiger partial charge in [-0.15, -0.1) is 0 Å². The summed E-state index contributed by atoms with van der Waals surface area (Å²) in [6.07, 6.45) is 1.37. The van der Waals surface area contributed by atoms with Gasteiger partial charge in [0.05, 0.1) is 10.9 Å². The minimum atomic E-state index is -3.68. The van der Waals surface area contributed by atoms with Crippen LogP contribution in [0.2, 0.25) is 0 Å². The van der Waals surface area contributed by atoms with E-state index in [1.807, 2.05) is 38.1 Å². The van der Waals surface area contributed by atoms with Crippen molar-refractivity contribution in [3.05, 3.63) is 53.6 Å². The Morgan fingerprint density at radius 2 is 1.86 bits per heavy atom. The fourth-order valence-corrected chi connectivity index (χ4v) is 4.54. The molecule has 1 amide bonds. The zero-order valence-electron chi connectivity index (χ0n) is 16.4. The van der Waals surface area contributed by atoms with Crippen molar-refractivity contribution >= 4 is 21.6 Å². The molecule has 0 saturated carbocycles. The van der Waals surface area contributed by atoms with E-state index in [-0.39, 0.29) is 17.4 Å². The molecule has 0 spiro atoms. The van der Waals surface area contributed by atoms with E-state index in [2.05, 4.69) is 4.72 Å². The Balaban J connectivity index is 1.65. The van der Waals surface area contributed by atoms with Crippen molar-refractivity contribution in [3.63, 3.8) is 0 Å². The summed E-state index contributed by atoms with van der Waals surface area (Å²) in [5, 5.41) is 0. The van der Waals surface area contributed by atoms with Crippen LogP contribution in [-0.4, -0.2) is 33.5 Å². The zero-order valence-corrected chi connectivity index (χ0v) is 17.3. The second kappa shape index (κ2) is 8.32. The van der Waals surface area contributed by atoms with Gasteiger partial charge in [0, 0.05) is 18.7 Å². The third kappa shape index (κ3) is 4.72. The lowest BCUT2D eigenvalue weighted by Crippen LogP contribution is -2.36. The molecule has 7 heteroatoms. The third-order valence-corrected chi connectivity index (χ3v) is 6.31. The molecule has 1 heterocycles. The van der Waals surface area contributed by atoms with Crippen molar-refractivity contribution in [1.82, 2.24) is 4.72 Å². The Kier molecular flexibility index (Phi) is 6.05. The highest BCUT2D eigenvalue weighted by Gasteiger charge is 2.25. The van der Waals surface area contributed by atoms with E-state index in [1.54, 1.807) is 30.0 Å². The van der Waals surface area contributed by atoms with Crippen molar-refractivity contribution in [2.75, 3.05) is 18.1 Å². The van der Waals surface area contributed by atoms with Gasteiger partial charge in [-0.25, -0.2) is 13.1 Å². The topological polar surface area (TPSA) is 75.7 Å². The summed E-state index contributed by atoms with van der Waals surface area (Å²) >= 11 is 0. The van der Waals surface area contributed by atoms with Gasteiger partial charge in [-0.05, 0) is 63.1 Å². The van der Waals surface area contributed by atoms with Gasteiger partial charge in [-0.1, -0.05) is 17.7 Å². The second-order valence-corrected chi connectivity index (χ2v) is 8.96. The maximum atomic E-state index is 12.7. The SMILES string of the molecule is Cc1ccc(OC[C@H](C)NS(=O)(=O)c2ccc(N3CCCC3=O)c(C)c2)cc1. The summed E-state index contributed by atoms with van der Waals surface area (Å²) in [5.41, 5.74) is 2.68. The highest BCUT2D eigenvalue weighted by atomic mass is 32.2. The van der Waals surface area contributed by atoms with Crippen LogP contribution in [0.25, 0.3) is 0 Å². The minimum Gasteiger partial charge on any atom is -0.492 e. The Bertz CT molecular complexity index is 955. The largest absolute Gasteiger partial charge is 0.492 e. The van der Waals surface area contributed by atoms with E-state index in [4.69, 9.17) is 4.74 Å². The van der Waals surface area contributed by atoms with Crippen LogP contribution in [0.5, 0.6) is 5.75 Å². The number of nitrogens with zero attached hydrogens (tertiary/aromatic N) is 1. The van der Waals surface area contributed by atoms with Crippen LogP contribution in [0.4, 0.5) is 5.69 Å². The number of sulfonamides is 1. The molecule has 150 valence electrons. The number of aryl methyl sites for hydroxylation is 2. The van der Waals surface area contributed by atoms with Crippen molar-refractivity contribution in [2.45, 2.75) is 44.6 Å². The summed E-state index contributed by atoms with van der Waals surface area (Å²) in [7, 11) is -3.68. The molecular weight excluding hydrogens is 376 g/mol. The average molecular weight is 403 g/mol. The molecule has 0 aliphatic carbocycles. The van der Waals surface area contributed by atoms with Crippen molar-refractivity contribution < 1.29 is 17.9 Å². The minimum absolute atomic E-state index is 0.0821. The van der Waals surface area contributed by atoms with Crippen LogP contribution in [0, 0.1) is 13.8 Å². The summed E-state index contributed by atoms with van der Waals surface area (Å²) in [6.45, 7) is 6.48. The molecule has 28 heavy (non-hydrogen) atoms. The standard InChI is InChI=1S/C21H26N2O4S/c1-15-6-8-18(9-7-15)27-14-17(3)22-28(25,26)19-10-11-20(16(2)13-19)23-12-4-5-21(23)24/h6-11,13,17,22H,4-5,12,14H2,1-3H3/t17-/m0/s1. The molecule has 0 radical (unpaired) electrons. The van der Waals surface area contributed by atoms with E-state index in [0.717, 1.165) is 23.2 Å². The van der Waals surface area contributed by atoms with Crippen LogP contribution < -0.4 is 14.4 Å². The molecule has 1 aliphatic heterocycles. The maximum absolute atomic E-state index is 12.7. The normalized spacial score (nSPS) is 15.7. The number of anilines is 1. The lowest BCUT2D eigenvalue weighted by Gasteiger charge is -2.20. The number of carbonyl (C=O) groups excluding carboxylic acids is 1. The molecule has 1 aliphatic rings. The summed E-state index contributed by atoms with van der Waals surface area (Å²) in [5.74, 6) is 0.783. The van der Waals surface area contributed by atoms with Gasteiger partial charge in [-0.2, -0.15) is 0 Å². The first-order chi connectivity index (χ1) is 13.3. The number of rotatable bonds is 7. The summed E-state index contributed by atoms with van der Waals surface area (Å²) < 4.78 is 33.7. The fourth-order valence-electron chi connectivity index (χ4n) is 3.22. The Labute approximate surface area is 166 Å². The predicted octanol–water partition coefficient (Wildman–Crippen LogP) is 3.18. The fraction of sp³-hybridized carbons (Fsp3) is 0.381. The van der Waals surface area contributed by atoms with Gasteiger partial charge in [0.2, 0.25) is 15.9 Å². The first-order valence-electron chi connectivity index (χ1n) is 9.39. The smallest absolute Gasteiger partial charge is 0.240 e. The van der Waals surface area contributed by atoms with Crippen LogP contribution in [0.15, 0.2) is 47.4 Å². The van der Waals surface area contributed by atoms with Gasteiger partial charge in [0.25, 0.3) is 0 Å². The monoisotopic (exact) mass is 402 g/mol. The highest BCUT2D eigenvalue weighted by Crippen LogP contribution is 2.27. The van der Waals surface area contributed by atoms with Crippen LogP contribution in [-0.2, 0) is 14.8 Å². The number of carbonyl (C=O) groups is 1. The molecule has 0 unspecified atom stereocenters. The number of hydrogen-bond acceptors (Lipinski definition) is 4. The first kappa shape index (κ1) is 20.4. The van der Waals surface area contributed by atoms with Gasteiger partial charge in [0.15, 0.2) is 0 Å². The average Bonchev–Trinajstić information content (AvgIpc) is 3.06. The van der Waals surface area contributed by atoms with Crippen LogP contribution in [0.3, 0.4) is 0 Å². The van der Waals surface area contributed by atoms with E-state index < -0.39 is 16.1 Å². The molecule has 6 nitrogen and oxygen atoms in total. The van der Waals surface area contributed by atoms with E-state index in [1.165, 1.54) is 0 Å². The molecule has 1 atom stereocenters. The highest BCUT2D eigenvalue weighted by molar-refractivity contribution is 7.89. The number of nitrogens with one attached hydrogen (secondary N) is 1. The number of amides is 1. The number of hydrogen-bond donors (Lipinski definition) is 1. The molecule has 3 rings (SSSR count). The summed E-state index contributed by atoms with van der Waals surface area (Å²) in [4.78, 5) is 13.8. The lowest BCUT2D eigenvalue weighted by molar-refractivity contribution is -0.117. The zero-order chi connectivity index (χ0) is 20.3. The molecule has 1 saturated heterocycles. The third-order valence-electron chi connectivity index (χ3n) is 4.72. The van der Waals surface area contributed by atoms with Gasteiger partial charge < -0.3 is 9.64 Å². The first-order valence-corrected chi connectivity index (χ1v) is 10.9. The molecule has 1 fully saturated rings. The molecule has 2 aromatic carbocycles. The van der Waals surface area contributed by atoms with Crippen LogP contribution >= 0.6 is 0 Å².